The summed E-state index contributed by atoms with van der Waals surface area (Å²) in [5.74, 6) is 0. The Morgan fingerprint density at radius 3 is 1.02 bits per heavy atom. The van der Waals surface area contributed by atoms with Crippen molar-refractivity contribution in [2.24, 2.45) is 0 Å². The van der Waals surface area contributed by atoms with Gasteiger partial charge in [0.25, 0.3) is 0 Å². The van der Waals surface area contributed by atoms with E-state index in [9.17, 15) is 0 Å². The summed E-state index contributed by atoms with van der Waals surface area (Å²) in [5, 5.41) is 24.9. The molecule has 1 N–H and O–H groups in total. The molecular formula is C115H77BrCl2MnN6O2. The van der Waals surface area contributed by atoms with Gasteiger partial charge < -0.3 is 5.32 Å². The third-order valence-corrected chi connectivity index (χ3v) is 24.2. The Morgan fingerprint density at radius 2 is 0.575 bits per heavy atom. The van der Waals surface area contributed by atoms with Crippen LogP contribution in [0.15, 0.2) is 448 Å². The van der Waals surface area contributed by atoms with E-state index >= 15 is 0 Å². The van der Waals surface area contributed by atoms with Crippen LogP contribution in [0.3, 0.4) is 0 Å². The molecule has 6 heterocycles. The normalized spacial score (nSPS) is 12.0. The maximum absolute atomic E-state index is 8.41. The van der Waals surface area contributed by atoms with Gasteiger partial charge >= 0.3 is 22.5 Å². The minimum absolute atomic E-state index is 0.0232. The van der Waals surface area contributed by atoms with E-state index in [2.05, 4.69) is 438 Å². The molecule has 0 fully saturated rings. The second-order valence-electron chi connectivity index (χ2n) is 30.7. The largest absolute Gasteiger partial charge is 0.254 e. The smallest absolute Gasteiger partial charge is 0.0978 e. The van der Waals surface area contributed by atoms with Crippen LogP contribution in [0.1, 0.15) is 22.7 Å². The molecule has 1 unspecified atom stereocenters. The molecule has 23 aromatic rings. The number of nitrogens with one attached hydrogen (secondary N) is 1. The molecule has 18 aromatic carbocycles. The molecule has 607 valence electrons. The fourth-order valence-electron chi connectivity index (χ4n) is 17.9. The number of halogens is 3. The fourth-order valence-corrected chi connectivity index (χ4v) is 18.5. The van der Waals surface area contributed by atoms with E-state index in [1.54, 1.807) is 0 Å². The van der Waals surface area contributed by atoms with E-state index in [-0.39, 0.29) is 11.4 Å². The van der Waals surface area contributed by atoms with Gasteiger partial charge in [0.2, 0.25) is 0 Å². The molecule has 0 aliphatic carbocycles. The van der Waals surface area contributed by atoms with Gasteiger partial charge in [-0.15, -0.1) is 23.2 Å². The number of rotatable bonds is 8. The number of pyridine rings is 5. The Morgan fingerprint density at radius 1 is 0.268 bits per heavy atom. The number of anilines is 1. The number of benzene rings is 18. The van der Waals surface area contributed by atoms with Crippen molar-refractivity contribution in [2.75, 3.05) is 10.7 Å². The van der Waals surface area contributed by atoms with E-state index in [1.807, 2.05) is 36.9 Å². The van der Waals surface area contributed by atoms with Crippen LogP contribution in [0.25, 0.3) is 192 Å². The van der Waals surface area contributed by atoms with Crippen LogP contribution in [0.5, 0.6) is 0 Å². The first kappa shape index (κ1) is 81.9. The van der Waals surface area contributed by atoms with Gasteiger partial charge in [-0.3, -0.25) is 19.9 Å². The fraction of sp³-hybridized carbons (Fsp3) is 0.0174. The van der Waals surface area contributed by atoms with Crippen molar-refractivity contribution < 1.29 is 22.5 Å². The molecule has 1 aliphatic heterocycles. The monoisotopic (exact) mass is 1780 g/mol. The van der Waals surface area contributed by atoms with Gasteiger partial charge in [-0.1, -0.05) is 380 Å². The van der Waals surface area contributed by atoms with Gasteiger partial charge in [0.15, 0.2) is 0 Å². The van der Waals surface area contributed by atoms with Gasteiger partial charge in [0.1, 0.15) is 0 Å². The molecule has 0 radical (unpaired) electrons. The van der Waals surface area contributed by atoms with Crippen LogP contribution >= 0.6 is 39.1 Å². The predicted octanol–water partition coefficient (Wildman–Crippen LogP) is 32.0. The van der Waals surface area contributed by atoms with Gasteiger partial charge in [0.05, 0.1) is 50.3 Å². The Labute approximate surface area is 758 Å². The van der Waals surface area contributed by atoms with Crippen molar-refractivity contribution in [3.63, 3.8) is 0 Å². The van der Waals surface area contributed by atoms with E-state index in [1.165, 1.54) is 131 Å². The Kier molecular flexibility index (Phi) is 24.4. The number of hydrogen-bond acceptors (Lipinski definition) is 8. The van der Waals surface area contributed by atoms with Crippen molar-refractivity contribution in [2.45, 2.75) is 6.04 Å². The second kappa shape index (κ2) is 37.8. The van der Waals surface area contributed by atoms with Crippen molar-refractivity contribution >= 4 is 170 Å². The molecular weight excluding hydrogens is 1700 g/mol. The summed E-state index contributed by atoms with van der Waals surface area (Å²) in [7, 11) is 0. The van der Waals surface area contributed by atoms with Crippen molar-refractivity contribution in [1.29, 1.82) is 0 Å². The first-order valence-electron chi connectivity index (χ1n) is 41.8. The van der Waals surface area contributed by atoms with E-state index in [4.69, 9.17) is 45.8 Å². The van der Waals surface area contributed by atoms with Crippen molar-refractivity contribution in [3.8, 4) is 66.9 Å². The maximum Gasteiger partial charge on any atom is 0.0978 e. The Hall–Kier alpha value is -14.7. The number of hydrogen-bond donors (Lipinski definition) is 1. The number of aromatic nitrogens is 5. The van der Waals surface area contributed by atoms with Crippen LogP contribution < -0.4 is 5.32 Å². The molecule has 24 rings (SSSR count). The first-order chi connectivity index (χ1) is 62.8. The zero-order chi connectivity index (χ0) is 85.9. The first-order valence-corrected chi connectivity index (χ1v) is 44.6. The molecule has 5 aromatic heterocycles. The summed E-state index contributed by atoms with van der Waals surface area (Å²) in [6.07, 6.45) is 9.99. The Balaban J connectivity index is 0.000000113. The number of fused-ring (bicyclic) bond motifs is 18. The zero-order valence-corrected chi connectivity index (χ0v) is 72.8. The second-order valence-corrected chi connectivity index (χ2v) is 32.6. The van der Waals surface area contributed by atoms with E-state index in [0.717, 1.165) is 87.1 Å². The molecule has 0 spiro atoms. The summed E-state index contributed by atoms with van der Waals surface area (Å²) in [4.78, 5) is 24.6. The molecule has 0 amide bonds. The average molecular weight is 1780 g/mol. The maximum atomic E-state index is 8.41. The van der Waals surface area contributed by atoms with Gasteiger partial charge in [-0.05, 0) is 192 Å². The average Bonchev–Trinajstić information content (AvgIpc) is 0.742. The molecule has 1 atom stereocenters. The summed E-state index contributed by atoms with van der Waals surface area (Å²) < 4.78 is 18.0. The van der Waals surface area contributed by atoms with Crippen LogP contribution in [-0.4, -0.2) is 30.3 Å². The summed E-state index contributed by atoms with van der Waals surface area (Å²) in [5.41, 5.74) is 24.6. The van der Waals surface area contributed by atoms with Crippen LogP contribution in [0.4, 0.5) is 5.69 Å². The van der Waals surface area contributed by atoms with E-state index in [0.29, 0.717) is 0 Å². The Bertz CT molecular complexity index is 8000. The topological polar surface area (TPSA) is 111 Å². The quantitative estimate of drug-likeness (QED) is 0.0910. The van der Waals surface area contributed by atoms with Crippen LogP contribution in [0.2, 0.25) is 0 Å². The molecule has 8 nitrogen and oxygen atoms in total. The SMILES string of the molecule is Brc1cc2ccccc2c2ccccc12.C1=C(c2ccccc2)c2ccc3c(-c4ccccc4)ccnc3c2NC1c1cc2ccccc2c2ccccc12.ClCCl.[O]=[Mn]=[O].c1ccc(-c2ccnc3c2ccc2c(-c4ccccc4)cc(-c4cc5ccccc5c5ccccc45)nc23)cc1.c1ccc(-c2ccnc3c2ccc2c(-c4ccccc4)ccnc23)cc1. The standard InChI is InChI=1S/C38H26N2.C38H24N2.C24H16N2.C14H9Br.CH2Cl2.Mn.2O/c2*1-3-11-25(12-4-1)29-21-22-39-37-32(29)19-20-33-34(26-13-5-2-6-14-26)24-36(40-38(33)37)35-23-27-15-7-8-16-28(27)30-17-9-10-18-31(30)35;1-3-7-17(8-4-1)19-13-15-25-23-21(19)11-12-22-20(14-16-26-24(22)23)18-9-5-2-6-10-18;15-14-9-10-5-1-2-6-11(10)12-7-3-4-8-13(12)14;2-1-3;;;/h1-24,36,40H;1-24H;1-16H;1-9H;1H2;;;. The number of nitrogens with zero attached hydrogens (tertiary/aromatic N) is 5. The molecule has 0 bridgehead atoms. The van der Waals surface area contributed by atoms with Gasteiger partial charge in [-0.25, -0.2) is 4.98 Å². The van der Waals surface area contributed by atoms with Gasteiger partial charge in [0, 0.05) is 67.3 Å². The third-order valence-electron chi connectivity index (χ3n) is 23.6. The summed E-state index contributed by atoms with van der Waals surface area (Å²) in [6.45, 7) is 0. The minimum Gasteiger partial charge on any atom is -0.254 e. The van der Waals surface area contributed by atoms with Gasteiger partial charge in [-0.2, -0.15) is 0 Å². The molecule has 0 saturated heterocycles. The summed E-state index contributed by atoms with van der Waals surface area (Å²) in [6, 6.07) is 146. The predicted molar refractivity (Wildman–Crippen MR) is 532 cm³/mol. The molecule has 12 heteroatoms. The minimum atomic E-state index is -1.44. The number of alkyl halides is 2. The van der Waals surface area contributed by atoms with Crippen molar-refractivity contribution in [1.82, 2.24) is 24.9 Å². The summed E-state index contributed by atoms with van der Waals surface area (Å²) >= 11 is 11.7. The van der Waals surface area contributed by atoms with Crippen LogP contribution in [-0.2, 0) is 22.5 Å². The third kappa shape index (κ3) is 16.7. The van der Waals surface area contributed by atoms with Crippen LogP contribution in [0, 0.1) is 0 Å². The zero-order valence-electron chi connectivity index (χ0n) is 68.5. The molecule has 0 saturated carbocycles. The van der Waals surface area contributed by atoms with Crippen molar-refractivity contribution in [3.05, 3.63) is 465 Å². The molecule has 1 aliphatic rings. The molecule has 127 heavy (non-hydrogen) atoms. The van der Waals surface area contributed by atoms with E-state index < -0.39 is 14.8 Å².